The Bertz CT molecular complexity index is 599. The van der Waals surface area contributed by atoms with Crippen molar-refractivity contribution in [1.29, 1.82) is 0 Å². The van der Waals surface area contributed by atoms with Gasteiger partial charge in [0, 0.05) is 17.3 Å². The average Bonchev–Trinajstić information content (AvgIpc) is 2.55. The number of benzene rings is 2. The van der Waals surface area contributed by atoms with Crippen molar-refractivity contribution < 1.29 is 9.47 Å². The summed E-state index contributed by atoms with van der Waals surface area (Å²) in [6.45, 7) is 6.25. The van der Waals surface area contributed by atoms with Crippen LogP contribution >= 0.6 is 11.6 Å². The molecule has 0 radical (unpaired) electrons. The van der Waals surface area contributed by atoms with Gasteiger partial charge in [-0.05, 0) is 61.4 Å². The molecular weight excluding hydrogens is 310 g/mol. The van der Waals surface area contributed by atoms with Crippen molar-refractivity contribution in [3.63, 3.8) is 0 Å². The SMILES string of the molecule is CCCCOc1ccc(NCCOc2ccc(Cl)cc2C)cc1. The van der Waals surface area contributed by atoms with E-state index in [4.69, 9.17) is 21.1 Å². The third-order valence-electron chi connectivity index (χ3n) is 3.45. The minimum Gasteiger partial charge on any atom is -0.494 e. The Morgan fingerprint density at radius 1 is 1.00 bits per heavy atom. The highest BCUT2D eigenvalue weighted by atomic mass is 35.5. The van der Waals surface area contributed by atoms with Gasteiger partial charge < -0.3 is 14.8 Å². The second-order valence-electron chi connectivity index (χ2n) is 5.41. The summed E-state index contributed by atoms with van der Waals surface area (Å²) in [6.07, 6.45) is 2.23. The van der Waals surface area contributed by atoms with Crippen molar-refractivity contribution in [2.45, 2.75) is 26.7 Å². The Hall–Kier alpha value is -1.87. The molecule has 4 heteroatoms. The third kappa shape index (κ3) is 6.03. The second-order valence-corrected chi connectivity index (χ2v) is 5.85. The lowest BCUT2D eigenvalue weighted by Crippen LogP contribution is -2.11. The van der Waals surface area contributed by atoms with E-state index in [1.807, 2.05) is 49.4 Å². The Kier molecular flexibility index (Phi) is 7.08. The molecule has 0 saturated heterocycles. The van der Waals surface area contributed by atoms with E-state index in [1.165, 1.54) is 0 Å². The van der Waals surface area contributed by atoms with Gasteiger partial charge in [-0.25, -0.2) is 0 Å². The summed E-state index contributed by atoms with van der Waals surface area (Å²) >= 11 is 5.93. The molecule has 0 unspecified atom stereocenters. The Morgan fingerprint density at radius 2 is 1.78 bits per heavy atom. The molecule has 2 aromatic rings. The van der Waals surface area contributed by atoms with Gasteiger partial charge in [0.25, 0.3) is 0 Å². The molecule has 2 rings (SSSR count). The monoisotopic (exact) mass is 333 g/mol. The number of halogens is 1. The van der Waals surface area contributed by atoms with Crippen LogP contribution in [-0.2, 0) is 0 Å². The van der Waals surface area contributed by atoms with Gasteiger partial charge in [-0.15, -0.1) is 0 Å². The molecule has 0 aromatic heterocycles. The summed E-state index contributed by atoms with van der Waals surface area (Å²) in [4.78, 5) is 0. The molecule has 3 nitrogen and oxygen atoms in total. The summed E-state index contributed by atoms with van der Waals surface area (Å²) in [5, 5.41) is 4.06. The predicted octanol–water partition coefficient (Wildman–Crippen LogP) is 5.32. The molecule has 0 heterocycles. The summed E-state index contributed by atoms with van der Waals surface area (Å²) in [7, 11) is 0. The average molecular weight is 334 g/mol. The molecule has 0 amide bonds. The van der Waals surface area contributed by atoms with Crippen molar-refractivity contribution in [1.82, 2.24) is 0 Å². The van der Waals surface area contributed by atoms with E-state index < -0.39 is 0 Å². The minimum atomic E-state index is 0.594. The van der Waals surface area contributed by atoms with Crippen molar-refractivity contribution in [3.05, 3.63) is 53.1 Å². The highest BCUT2D eigenvalue weighted by Crippen LogP contribution is 2.21. The fourth-order valence-corrected chi connectivity index (χ4v) is 2.36. The highest BCUT2D eigenvalue weighted by Gasteiger charge is 2.00. The van der Waals surface area contributed by atoms with Crippen molar-refractivity contribution in [2.24, 2.45) is 0 Å². The summed E-state index contributed by atoms with van der Waals surface area (Å²) in [5.74, 6) is 1.79. The maximum Gasteiger partial charge on any atom is 0.122 e. The third-order valence-corrected chi connectivity index (χ3v) is 3.68. The molecule has 0 saturated carbocycles. The number of nitrogens with one attached hydrogen (secondary N) is 1. The van der Waals surface area contributed by atoms with E-state index in [-0.39, 0.29) is 0 Å². The molecule has 0 bridgehead atoms. The number of hydrogen-bond donors (Lipinski definition) is 1. The number of hydrogen-bond acceptors (Lipinski definition) is 3. The molecule has 0 atom stereocenters. The van der Waals surface area contributed by atoms with Gasteiger partial charge >= 0.3 is 0 Å². The Morgan fingerprint density at radius 3 is 2.48 bits per heavy atom. The van der Waals surface area contributed by atoms with Gasteiger partial charge in [0.1, 0.15) is 18.1 Å². The number of ether oxygens (including phenoxy) is 2. The van der Waals surface area contributed by atoms with Crippen LogP contribution in [0.25, 0.3) is 0 Å². The summed E-state index contributed by atoms with van der Waals surface area (Å²) < 4.78 is 11.4. The van der Waals surface area contributed by atoms with Crippen LogP contribution in [0.3, 0.4) is 0 Å². The molecule has 0 fully saturated rings. The first kappa shape index (κ1) is 17.5. The lowest BCUT2D eigenvalue weighted by molar-refractivity contribution is 0.309. The van der Waals surface area contributed by atoms with E-state index in [9.17, 15) is 0 Å². The van der Waals surface area contributed by atoms with Gasteiger partial charge in [0.05, 0.1) is 6.61 Å². The van der Waals surface area contributed by atoms with Gasteiger partial charge in [-0.3, -0.25) is 0 Å². The number of aryl methyl sites for hydroxylation is 1. The van der Waals surface area contributed by atoms with Crippen LogP contribution in [0.4, 0.5) is 5.69 Å². The van der Waals surface area contributed by atoms with Gasteiger partial charge in [-0.1, -0.05) is 24.9 Å². The van der Waals surface area contributed by atoms with E-state index >= 15 is 0 Å². The van der Waals surface area contributed by atoms with E-state index in [0.29, 0.717) is 6.61 Å². The van der Waals surface area contributed by atoms with Crippen molar-refractivity contribution in [3.8, 4) is 11.5 Å². The van der Waals surface area contributed by atoms with Gasteiger partial charge in [0.2, 0.25) is 0 Å². The van der Waals surface area contributed by atoms with Gasteiger partial charge in [-0.2, -0.15) is 0 Å². The maximum atomic E-state index is 5.93. The zero-order valence-electron chi connectivity index (χ0n) is 13.8. The first-order chi connectivity index (χ1) is 11.2. The predicted molar refractivity (Wildman–Crippen MR) is 97.0 cm³/mol. The maximum absolute atomic E-state index is 5.93. The highest BCUT2D eigenvalue weighted by molar-refractivity contribution is 6.30. The molecule has 23 heavy (non-hydrogen) atoms. The normalized spacial score (nSPS) is 10.4. The molecule has 0 aliphatic carbocycles. The second kappa shape index (κ2) is 9.31. The Labute approximate surface area is 143 Å². The zero-order valence-corrected chi connectivity index (χ0v) is 14.5. The topological polar surface area (TPSA) is 30.5 Å². The van der Waals surface area contributed by atoms with Gasteiger partial charge in [0.15, 0.2) is 0 Å². The lowest BCUT2D eigenvalue weighted by Gasteiger charge is -2.11. The molecule has 0 spiro atoms. The van der Waals surface area contributed by atoms with Crippen LogP contribution in [0.15, 0.2) is 42.5 Å². The van der Waals surface area contributed by atoms with Crippen LogP contribution in [0, 0.1) is 6.92 Å². The van der Waals surface area contributed by atoms with Crippen LogP contribution in [0.2, 0.25) is 5.02 Å². The summed E-state index contributed by atoms with van der Waals surface area (Å²) in [6, 6.07) is 13.7. The standard InChI is InChI=1S/C19H24ClNO2/c1-3-4-12-22-18-8-6-17(7-9-18)21-11-13-23-19-10-5-16(20)14-15(19)2/h5-10,14,21H,3-4,11-13H2,1-2H3. The van der Waals surface area contributed by atoms with Crippen molar-refractivity contribution >= 4 is 17.3 Å². The molecule has 124 valence electrons. The van der Waals surface area contributed by atoms with E-state index in [2.05, 4.69) is 12.2 Å². The van der Waals surface area contributed by atoms with Crippen LogP contribution in [0.1, 0.15) is 25.3 Å². The van der Waals surface area contributed by atoms with E-state index in [0.717, 1.165) is 53.8 Å². The number of unbranched alkanes of at least 4 members (excludes halogenated alkanes) is 1. The molecular formula is C19H24ClNO2. The van der Waals surface area contributed by atoms with Crippen LogP contribution < -0.4 is 14.8 Å². The molecule has 2 aromatic carbocycles. The largest absolute Gasteiger partial charge is 0.494 e. The Balaban J connectivity index is 1.71. The quantitative estimate of drug-likeness (QED) is 0.630. The van der Waals surface area contributed by atoms with Crippen molar-refractivity contribution in [2.75, 3.05) is 25.1 Å². The first-order valence-corrected chi connectivity index (χ1v) is 8.42. The number of anilines is 1. The van der Waals surface area contributed by atoms with Crippen LogP contribution in [-0.4, -0.2) is 19.8 Å². The zero-order chi connectivity index (χ0) is 16.5. The van der Waals surface area contributed by atoms with Crippen LogP contribution in [0.5, 0.6) is 11.5 Å². The smallest absolute Gasteiger partial charge is 0.122 e. The molecule has 1 N–H and O–H groups in total. The molecule has 0 aliphatic heterocycles. The molecule has 0 aliphatic rings. The lowest BCUT2D eigenvalue weighted by atomic mass is 10.2. The number of rotatable bonds is 9. The van der Waals surface area contributed by atoms with E-state index in [1.54, 1.807) is 0 Å². The fourth-order valence-electron chi connectivity index (χ4n) is 2.13. The summed E-state index contributed by atoms with van der Waals surface area (Å²) in [5.41, 5.74) is 2.11. The fraction of sp³-hybridized carbons (Fsp3) is 0.368. The minimum absolute atomic E-state index is 0.594. The first-order valence-electron chi connectivity index (χ1n) is 8.04.